The molecule has 1 aromatic carbocycles. The van der Waals surface area contributed by atoms with Gasteiger partial charge in [0.25, 0.3) is 0 Å². The van der Waals surface area contributed by atoms with Gasteiger partial charge in [-0.1, -0.05) is 38.1 Å². The number of ether oxygens (including phenoxy) is 1. The number of rotatable bonds is 3. The molecule has 2 atom stereocenters. The van der Waals surface area contributed by atoms with Crippen LogP contribution in [0, 0.1) is 5.82 Å². The van der Waals surface area contributed by atoms with Crippen LogP contribution < -0.4 is 20.6 Å². The van der Waals surface area contributed by atoms with E-state index in [9.17, 15) is 9.59 Å². The zero-order valence-corrected chi connectivity index (χ0v) is 24.4. The summed E-state index contributed by atoms with van der Waals surface area (Å²) in [7, 11) is 0. The summed E-state index contributed by atoms with van der Waals surface area (Å²) in [6.07, 6.45) is 3.72. The molecule has 220 valence electrons. The lowest BCUT2D eigenvalue weighted by Crippen LogP contribution is -2.49. The Morgan fingerprint density at radius 1 is 1.23 bits per heavy atom. The first-order chi connectivity index (χ1) is 20.8. The van der Waals surface area contributed by atoms with Crippen LogP contribution in [0.5, 0.6) is 5.75 Å². The van der Waals surface area contributed by atoms with E-state index in [-0.39, 0.29) is 52.4 Å². The van der Waals surface area contributed by atoms with Crippen LogP contribution in [0.15, 0.2) is 54.0 Å². The van der Waals surface area contributed by atoms with Crippen molar-refractivity contribution in [2.75, 3.05) is 36.5 Å². The highest BCUT2D eigenvalue weighted by molar-refractivity contribution is 6.34. The van der Waals surface area contributed by atoms with E-state index < -0.39 is 11.5 Å². The molecular formula is C31H29ClFN7O3. The molecule has 0 spiro atoms. The van der Waals surface area contributed by atoms with Crippen LogP contribution in [-0.2, 0) is 4.79 Å². The number of anilines is 2. The van der Waals surface area contributed by atoms with E-state index in [0.717, 1.165) is 6.42 Å². The molecule has 3 aromatic heterocycles. The molecule has 0 unspecified atom stereocenters. The standard InChI is InChI=1S/C31H29ClFN7O3/c1-4-24(41)38-11-12-39(22-15-21(22)38)29-17-14-18(32)27-25-19(33)6-5-7-20(25)34-10-13-43-23-8-9-35-26(16(2)3)28(23)40(30(17)36-27)31(42)37-29/h4-9,14,16,21-22,34H,1,10-13,15H2,2-3H3/t21-,22+/m0/s1. The highest BCUT2D eigenvalue weighted by Gasteiger charge is 2.51. The average molecular weight is 602 g/mol. The van der Waals surface area contributed by atoms with Gasteiger partial charge in [-0.2, -0.15) is 4.98 Å². The molecule has 1 N–H and O–H groups in total. The Morgan fingerprint density at radius 2 is 2.07 bits per heavy atom. The fourth-order valence-electron chi connectivity index (χ4n) is 6.22. The number of hydrogen-bond donors (Lipinski definition) is 1. The maximum Gasteiger partial charge on any atom is 0.356 e. The number of benzene rings is 1. The number of nitrogens with one attached hydrogen (secondary N) is 1. The number of amides is 1. The number of carbonyl (C=O) groups excluding carboxylic acids is 1. The SMILES string of the molecule is C=CC(=O)N1CCN(c2nc(=O)n3c4nc(c(Cl)cc24)-c2c(F)cccc2NCCOc2ccnc(C(C)C)c2-3)[C@@H]2C[C@@H]21. The Bertz CT molecular complexity index is 1880. The van der Waals surface area contributed by atoms with Crippen molar-refractivity contribution < 1.29 is 13.9 Å². The van der Waals surface area contributed by atoms with Gasteiger partial charge in [-0.25, -0.2) is 18.7 Å². The Kier molecular flexibility index (Phi) is 6.57. The van der Waals surface area contributed by atoms with E-state index in [0.29, 0.717) is 53.7 Å². The van der Waals surface area contributed by atoms with Crippen LogP contribution in [0.1, 0.15) is 31.9 Å². The maximum atomic E-state index is 15.5. The van der Waals surface area contributed by atoms with Crippen molar-refractivity contribution >= 4 is 40.0 Å². The van der Waals surface area contributed by atoms with E-state index in [4.69, 9.17) is 21.3 Å². The zero-order valence-electron chi connectivity index (χ0n) is 23.7. The van der Waals surface area contributed by atoms with E-state index in [1.807, 2.05) is 18.7 Å². The number of halogens is 2. The van der Waals surface area contributed by atoms with Crippen LogP contribution in [0.25, 0.3) is 28.0 Å². The van der Waals surface area contributed by atoms with E-state index in [1.165, 1.54) is 16.7 Å². The number of pyridine rings is 2. The van der Waals surface area contributed by atoms with Crippen molar-refractivity contribution in [3.05, 3.63) is 76.2 Å². The lowest BCUT2D eigenvalue weighted by atomic mass is 10.1. The van der Waals surface area contributed by atoms with Crippen molar-refractivity contribution in [3.8, 4) is 22.7 Å². The molecule has 43 heavy (non-hydrogen) atoms. The van der Waals surface area contributed by atoms with Crippen LogP contribution in [0.2, 0.25) is 5.02 Å². The molecule has 10 nitrogen and oxygen atoms in total. The van der Waals surface area contributed by atoms with E-state index in [1.54, 1.807) is 35.4 Å². The minimum atomic E-state index is -0.575. The van der Waals surface area contributed by atoms with Gasteiger partial charge in [0, 0.05) is 37.6 Å². The molecule has 2 fully saturated rings. The highest BCUT2D eigenvalue weighted by Crippen LogP contribution is 2.43. The summed E-state index contributed by atoms with van der Waals surface area (Å²) in [6, 6.07) is 8.11. The summed E-state index contributed by atoms with van der Waals surface area (Å²) in [6.45, 7) is 9.10. The number of carbonyl (C=O) groups is 1. The third-order valence-electron chi connectivity index (χ3n) is 8.25. The second-order valence-corrected chi connectivity index (χ2v) is 11.6. The number of nitrogens with zero attached hydrogens (tertiary/aromatic N) is 6. The molecule has 2 bridgehead atoms. The molecule has 1 saturated heterocycles. The van der Waals surface area contributed by atoms with Crippen LogP contribution >= 0.6 is 11.6 Å². The van der Waals surface area contributed by atoms with Gasteiger partial charge in [-0.05, 0) is 36.6 Å². The predicted molar refractivity (Wildman–Crippen MR) is 163 cm³/mol. The molecular weight excluding hydrogens is 573 g/mol. The van der Waals surface area contributed by atoms with Crippen molar-refractivity contribution in [2.45, 2.75) is 38.3 Å². The van der Waals surface area contributed by atoms with Crippen LogP contribution in [-0.4, -0.2) is 68.7 Å². The van der Waals surface area contributed by atoms with Crippen molar-refractivity contribution in [1.82, 2.24) is 24.4 Å². The van der Waals surface area contributed by atoms with E-state index >= 15 is 4.39 Å². The molecule has 7 rings (SSSR count). The minimum Gasteiger partial charge on any atom is -0.489 e. The Balaban J connectivity index is 1.53. The molecule has 4 aromatic rings. The quantitative estimate of drug-likeness (QED) is 0.341. The molecule has 1 aliphatic carbocycles. The third kappa shape index (κ3) is 4.41. The number of piperazine rings is 1. The summed E-state index contributed by atoms with van der Waals surface area (Å²) < 4.78 is 23.1. The minimum absolute atomic E-state index is 0.00277. The Labute approximate surface area is 251 Å². The summed E-state index contributed by atoms with van der Waals surface area (Å²) in [5.74, 6) is 0.186. The van der Waals surface area contributed by atoms with Gasteiger partial charge in [0.2, 0.25) is 5.91 Å². The Hall–Kier alpha value is -4.51. The molecule has 1 saturated carbocycles. The summed E-state index contributed by atoms with van der Waals surface area (Å²) in [4.78, 5) is 44.5. The first-order valence-electron chi connectivity index (χ1n) is 14.3. The predicted octanol–water partition coefficient (Wildman–Crippen LogP) is 4.54. The molecule has 12 heteroatoms. The van der Waals surface area contributed by atoms with Gasteiger partial charge in [-0.3, -0.25) is 9.78 Å². The van der Waals surface area contributed by atoms with Crippen molar-refractivity contribution in [1.29, 1.82) is 0 Å². The molecule has 3 aliphatic rings. The maximum absolute atomic E-state index is 15.5. The molecule has 2 aliphatic heterocycles. The topological polar surface area (TPSA) is 105 Å². The normalized spacial score (nSPS) is 19.0. The monoisotopic (exact) mass is 601 g/mol. The summed E-state index contributed by atoms with van der Waals surface area (Å²) in [5.41, 5.74) is 1.64. The smallest absolute Gasteiger partial charge is 0.356 e. The number of aromatic nitrogens is 4. The fraction of sp³-hybridized carbons (Fsp3) is 0.323. The van der Waals surface area contributed by atoms with Gasteiger partial charge in [-0.15, -0.1) is 0 Å². The number of fused-ring (bicyclic) bond motifs is 6. The number of hydrogen-bond acceptors (Lipinski definition) is 8. The van der Waals surface area contributed by atoms with Gasteiger partial charge in [0.15, 0.2) is 5.65 Å². The fourth-order valence-corrected chi connectivity index (χ4v) is 6.46. The van der Waals surface area contributed by atoms with Gasteiger partial charge < -0.3 is 19.9 Å². The lowest BCUT2D eigenvalue weighted by molar-refractivity contribution is -0.126. The highest BCUT2D eigenvalue weighted by atomic mass is 35.5. The van der Waals surface area contributed by atoms with Crippen LogP contribution in [0.4, 0.5) is 15.9 Å². The van der Waals surface area contributed by atoms with Crippen molar-refractivity contribution in [2.24, 2.45) is 0 Å². The van der Waals surface area contributed by atoms with Gasteiger partial charge >= 0.3 is 5.69 Å². The van der Waals surface area contributed by atoms with E-state index in [2.05, 4.69) is 21.9 Å². The molecule has 5 heterocycles. The Morgan fingerprint density at radius 3 is 2.86 bits per heavy atom. The third-order valence-corrected chi connectivity index (χ3v) is 8.54. The summed E-state index contributed by atoms with van der Waals surface area (Å²) >= 11 is 6.90. The lowest BCUT2D eigenvalue weighted by Gasteiger charge is -2.35. The molecule has 1 amide bonds. The second-order valence-electron chi connectivity index (χ2n) is 11.2. The first kappa shape index (κ1) is 27.3. The first-order valence-corrected chi connectivity index (χ1v) is 14.6. The molecule has 0 radical (unpaired) electrons. The second kappa shape index (κ2) is 10.3. The van der Waals surface area contributed by atoms with Gasteiger partial charge in [0.1, 0.15) is 29.7 Å². The van der Waals surface area contributed by atoms with Crippen molar-refractivity contribution in [3.63, 3.8) is 0 Å². The largest absolute Gasteiger partial charge is 0.489 e. The van der Waals surface area contributed by atoms with Gasteiger partial charge in [0.05, 0.1) is 39.4 Å². The zero-order chi connectivity index (χ0) is 30.0. The summed E-state index contributed by atoms with van der Waals surface area (Å²) in [5, 5.41) is 3.98. The van der Waals surface area contributed by atoms with Crippen LogP contribution in [0.3, 0.4) is 0 Å². The average Bonchev–Trinajstić information content (AvgIpc) is 3.79.